The van der Waals surface area contributed by atoms with Crippen LogP contribution in [0.15, 0.2) is 18.2 Å². The molecule has 5 heteroatoms. The van der Waals surface area contributed by atoms with Crippen LogP contribution in [0.3, 0.4) is 0 Å². The molecule has 1 aromatic carbocycles. The lowest BCUT2D eigenvalue weighted by molar-refractivity contribution is 0.0983. The third-order valence-electron chi connectivity index (χ3n) is 5.10. The van der Waals surface area contributed by atoms with Crippen molar-refractivity contribution in [2.75, 3.05) is 18.4 Å². The molecular formula is C20H31N3O2. The normalized spacial score (nSPS) is 20.7. The van der Waals surface area contributed by atoms with Gasteiger partial charge in [0.05, 0.1) is 0 Å². The summed E-state index contributed by atoms with van der Waals surface area (Å²) in [6.07, 6.45) is 2.86. The maximum Gasteiger partial charge on any atom is 0.319 e. The quantitative estimate of drug-likeness (QED) is 0.857. The maximum absolute atomic E-state index is 12.3. The molecule has 0 atom stereocenters. The molecule has 0 bridgehead atoms. The average Bonchev–Trinajstić information content (AvgIpc) is 2.80. The Morgan fingerprint density at radius 1 is 1.24 bits per heavy atom. The summed E-state index contributed by atoms with van der Waals surface area (Å²) >= 11 is 0. The van der Waals surface area contributed by atoms with Gasteiger partial charge in [-0.15, -0.1) is 0 Å². The van der Waals surface area contributed by atoms with Crippen molar-refractivity contribution in [1.29, 1.82) is 0 Å². The van der Waals surface area contributed by atoms with Gasteiger partial charge in [0, 0.05) is 42.3 Å². The minimum Gasteiger partial charge on any atom is -0.487 e. The predicted octanol–water partition coefficient (Wildman–Crippen LogP) is 3.78. The topological polar surface area (TPSA) is 53.6 Å². The van der Waals surface area contributed by atoms with E-state index < -0.39 is 0 Å². The molecule has 2 amide bonds. The molecular weight excluding hydrogens is 314 g/mol. The zero-order valence-corrected chi connectivity index (χ0v) is 16.1. The Hall–Kier alpha value is -1.75. The van der Waals surface area contributed by atoms with Crippen molar-refractivity contribution in [3.63, 3.8) is 0 Å². The highest BCUT2D eigenvalue weighted by Crippen LogP contribution is 2.36. The Labute approximate surface area is 151 Å². The van der Waals surface area contributed by atoms with Crippen LogP contribution in [-0.4, -0.2) is 41.2 Å². The highest BCUT2D eigenvalue weighted by atomic mass is 16.5. The summed E-state index contributed by atoms with van der Waals surface area (Å²) in [7, 11) is 0. The number of piperidine rings is 1. The number of rotatable bonds is 2. The lowest BCUT2D eigenvalue weighted by atomic mass is 9.98. The molecule has 1 aromatic rings. The van der Waals surface area contributed by atoms with Crippen molar-refractivity contribution in [3.8, 4) is 5.75 Å². The molecule has 0 unspecified atom stereocenters. The van der Waals surface area contributed by atoms with Gasteiger partial charge in [-0.3, -0.25) is 4.90 Å². The van der Waals surface area contributed by atoms with Gasteiger partial charge in [-0.25, -0.2) is 4.79 Å². The number of amides is 2. The van der Waals surface area contributed by atoms with Crippen molar-refractivity contribution in [2.45, 2.75) is 71.1 Å². The van der Waals surface area contributed by atoms with Crippen LogP contribution in [-0.2, 0) is 6.42 Å². The summed E-state index contributed by atoms with van der Waals surface area (Å²) in [6, 6.07) is 6.00. The van der Waals surface area contributed by atoms with E-state index in [2.05, 4.69) is 50.2 Å². The summed E-state index contributed by atoms with van der Waals surface area (Å²) < 4.78 is 5.88. The van der Waals surface area contributed by atoms with Crippen molar-refractivity contribution in [2.24, 2.45) is 0 Å². The van der Waals surface area contributed by atoms with E-state index in [1.807, 2.05) is 18.2 Å². The number of ether oxygens (including phenoxy) is 1. The summed E-state index contributed by atoms with van der Waals surface area (Å²) in [5, 5.41) is 6.08. The Balaban J connectivity index is 1.51. The fourth-order valence-corrected chi connectivity index (χ4v) is 3.73. The third kappa shape index (κ3) is 4.46. The first-order valence-corrected chi connectivity index (χ1v) is 9.27. The molecule has 2 aliphatic rings. The van der Waals surface area contributed by atoms with E-state index in [-0.39, 0.29) is 23.2 Å². The molecule has 1 saturated heterocycles. The standard InChI is InChI=1S/C20H31N3O2/c1-19(2,3)23-10-8-15(9-11-23)21-18(24)22-16-6-7-17-14(12-16)13-20(4,5)25-17/h6-7,12,15H,8-11,13H2,1-5H3,(H2,21,22,24). The third-order valence-corrected chi connectivity index (χ3v) is 5.10. The number of fused-ring (bicyclic) bond motifs is 1. The van der Waals surface area contributed by atoms with Gasteiger partial charge in [0.1, 0.15) is 11.4 Å². The number of urea groups is 1. The second kappa shape index (κ2) is 6.52. The van der Waals surface area contributed by atoms with Crippen LogP contribution < -0.4 is 15.4 Å². The van der Waals surface area contributed by atoms with Gasteiger partial charge in [0.2, 0.25) is 0 Å². The van der Waals surface area contributed by atoms with Crippen molar-refractivity contribution < 1.29 is 9.53 Å². The number of carbonyl (C=O) groups excluding carboxylic acids is 1. The molecule has 5 nitrogen and oxygen atoms in total. The highest BCUT2D eigenvalue weighted by molar-refractivity contribution is 5.89. The van der Waals surface area contributed by atoms with Gasteiger partial charge < -0.3 is 15.4 Å². The monoisotopic (exact) mass is 345 g/mol. The Morgan fingerprint density at radius 2 is 1.92 bits per heavy atom. The van der Waals surface area contributed by atoms with E-state index in [1.165, 1.54) is 0 Å². The van der Waals surface area contributed by atoms with Gasteiger partial charge in [0.15, 0.2) is 0 Å². The molecule has 25 heavy (non-hydrogen) atoms. The van der Waals surface area contributed by atoms with E-state index in [9.17, 15) is 4.79 Å². The Bertz CT molecular complexity index is 641. The van der Waals surface area contributed by atoms with Crippen LogP contribution in [0, 0.1) is 0 Å². The number of hydrogen-bond acceptors (Lipinski definition) is 3. The maximum atomic E-state index is 12.3. The summed E-state index contributed by atoms with van der Waals surface area (Å²) in [4.78, 5) is 14.8. The molecule has 0 saturated carbocycles. The van der Waals surface area contributed by atoms with Crippen LogP contribution in [0.2, 0.25) is 0 Å². The molecule has 2 aliphatic heterocycles. The first-order chi connectivity index (χ1) is 11.6. The number of nitrogens with one attached hydrogen (secondary N) is 2. The summed E-state index contributed by atoms with van der Waals surface area (Å²) in [5.74, 6) is 0.922. The lowest BCUT2D eigenvalue weighted by Gasteiger charge is -2.41. The largest absolute Gasteiger partial charge is 0.487 e. The van der Waals surface area contributed by atoms with Crippen molar-refractivity contribution in [3.05, 3.63) is 23.8 Å². The number of anilines is 1. The molecule has 0 spiro atoms. The molecule has 0 aromatic heterocycles. The van der Waals surface area contributed by atoms with Crippen molar-refractivity contribution in [1.82, 2.24) is 10.2 Å². The molecule has 3 rings (SSSR count). The second-order valence-corrected chi connectivity index (χ2v) is 8.89. The fraction of sp³-hybridized carbons (Fsp3) is 0.650. The number of hydrogen-bond donors (Lipinski definition) is 2. The van der Waals surface area contributed by atoms with E-state index in [0.717, 1.165) is 49.4 Å². The van der Waals surface area contributed by atoms with Crippen molar-refractivity contribution >= 4 is 11.7 Å². The predicted molar refractivity (Wildman–Crippen MR) is 101 cm³/mol. The number of nitrogens with zero attached hydrogens (tertiary/aromatic N) is 1. The first kappa shape index (κ1) is 18.1. The molecule has 0 radical (unpaired) electrons. The summed E-state index contributed by atoms with van der Waals surface area (Å²) in [6.45, 7) is 12.9. The average molecular weight is 345 g/mol. The smallest absolute Gasteiger partial charge is 0.319 e. The number of likely N-dealkylation sites (tertiary alicyclic amines) is 1. The minimum atomic E-state index is -0.162. The molecule has 2 heterocycles. The summed E-state index contributed by atoms with van der Waals surface area (Å²) in [5.41, 5.74) is 2.02. The Morgan fingerprint density at radius 3 is 2.56 bits per heavy atom. The van der Waals surface area contributed by atoms with Crippen LogP contribution >= 0.6 is 0 Å². The van der Waals surface area contributed by atoms with E-state index in [4.69, 9.17) is 4.74 Å². The molecule has 1 fully saturated rings. The zero-order valence-electron chi connectivity index (χ0n) is 16.1. The number of carbonyl (C=O) groups is 1. The zero-order chi connectivity index (χ0) is 18.2. The van der Waals surface area contributed by atoms with Crippen LogP contribution in [0.25, 0.3) is 0 Å². The Kier molecular flexibility index (Phi) is 4.71. The van der Waals surface area contributed by atoms with Crippen LogP contribution in [0.1, 0.15) is 53.0 Å². The van der Waals surface area contributed by atoms with E-state index in [0.29, 0.717) is 0 Å². The fourth-order valence-electron chi connectivity index (χ4n) is 3.73. The first-order valence-electron chi connectivity index (χ1n) is 9.27. The molecule has 0 aliphatic carbocycles. The van der Waals surface area contributed by atoms with Crippen LogP contribution in [0.5, 0.6) is 5.75 Å². The van der Waals surface area contributed by atoms with Crippen LogP contribution in [0.4, 0.5) is 10.5 Å². The van der Waals surface area contributed by atoms with E-state index in [1.54, 1.807) is 0 Å². The molecule has 138 valence electrons. The van der Waals surface area contributed by atoms with Gasteiger partial charge in [-0.2, -0.15) is 0 Å². The lowest BCUT2D eigenvalue weighted by Crippen LogP contribution is -2.51. The van der Waals surface area contributed by atoms with Gasteiger partial charge in [-0.1, -0.05) is 0 Å². The SMILES string of the molecule is CC1(C)Cc2cc(NC(=O)NC3CCN(C(C)(C)C)CC3)ccc2O1. The van der Waals surface area contributed by atoms with Gasteiger partial charge >= 0.3 is 6.03 Å². The highest BCUT2D eigenvalue weighted by Gasteiger charge is 2.30. The minimum absolute atomic E-state index is 0.118. The van der Waals surface area contributed by atoms with E-state index >= 15 is 0 Å². The van der Waals surface area contributed by atoms with Gasteiger partial charge in [-0.05, 0) is 65.7 Å². The second-order valence-electron chi connectivity index (χ2n) is 8.89. The van der Waals surface area contributed by atoms with Gasteiger partial charge in [0.25, 0.3) is 0 Å². The number of benzene rings is 1. The molecule has 2 N–H and O–H groups in total.